The van der Waals surface area contributed by atoms with E-state index in [0.717, 1.165) is 0 Å². The first-order valence-corrected chi connectivity index (χ1v) is 3.54. The lowest BCUT2D eigenvalue weighted by molar-refractivity contribution is 0.0915. The maximum atomic E-state index is 11.1. The summed E-state index contributed by atoms with van der Waals surface area (Å²) in [5, 5.41) is 2.71. The van der Waals surface area contributed by atoms with Crippen LogP contribution in [-0.4, -0.2) is 11.9 Å². The third-order valence-electron chi connectivity index (χ3n) is 1.16. The molecule has 0 atom stereocenters. The summed E-state index contributed by atoms with van der Waals surface area (Å²) in [6, 6.07) is 3.47. The average Bonchev–Trinajstić information content (AvgIpc) is 2.35. The second-order valence-electron chi connectivity index (χ2n) is 2.61. The molecule has 1 amide bonds. The van der Waals surface area contributed by atoms with Crippen LogP contribution in [-0.2, 0) is 0 Å². The van der Waals surface area contributed by atoms with Crippen LogP contribution in [0.25, 0.3) is 0 Å². The Morgan fingerprint density at radius 1 is 1.64 bits per heavy atom. The molecular formula is C8H11NO2. The third kappa shape index (κ3) is 2.11. The Morgan fingerprint density at radius 3 is 2.82 bits per heavy atom. The molecule has 0 unspecified atom stereocenters. The molecule has 0 saturated heterocycles. The molecular weight excluding hydrogens is 142 g/mol. The third-order valence-corrected chi connectivity index (χ3v) is 1.16. The van der Waals surface area contributed by atoms with Crippen LogP contribution in [0.2, 0.25) is 0 Å². The standard InChI is InChI=1S/C8H11NO2/c1-6(2)9-8(10)7-4-3-5-11-7/h3-6H,1-2H3,(H,9,10). The minimum atomic E-state index is -0.162. The number of rotatable bonds is 2. The molecule has 0 spiro atoms. The van der Waals surface area contributed by atoms with Crippen LogP contribution in [0.1, 0.15) is 24.4 Å². The van der Waals surface area contributed by atoms with Crippen molar-refractivity contribution in [1.29, 1.82) is 0 Å². The zero-order chi connectivity index (χ0) is 8.27. The average molecular weight is 153 g/mol. The molecule has 0 aliphatic heterocycles. The summed E-state index contributed by atoms with van der Waals surface area (Å²) in [4.78, 5) is 11.1. The van der Waals surface area contributed by atoms with E-state index in [9.17, 15) is 4.79 Å². The summed E-state index contributed by atoms with van der Waals surface area (Å²) in [6.45, 7) is 3.81. The van der Waals surface area contributed by atoms with Gasteiger partial charge in [-0.3, -0.25) is 4.79 Å². The number of hydrogen-bond donors (Lipinski definition) is 1. The van der Waals surface area contributed by atoms with Gasteiger partial charge in [-0.15, -0.1) is 0 Å². The normalized spacial score (nSPS) is 10.1. The van der Waals surface area contributed by atoms with Gasteiger partial charge < -0.3 is 9.73 Å². The van der Waals surface area contributed by atoms with Crippen molar-refractivity contribution < 1.29 is 9.21 Å². The SMILES string of the molecule is CC(C)NC(=O)c1ccco1. The van der Waals surface area contributed by atoms with Gasteiger partial charge in [0.1, 0.15) is 0 Å². The summed E-state index contributed by atoms with van der Waals surface area (Å²) in [7, 11) is 0. The second-order valence-corrected chi connectivity index (χ2v) is 2.61. The Labute approximate surface area is 65.4 Å². The summed E-state index contributed by atoms with van der Waals surface area (Å²) < 4.78 is 4.88. The molecule has 1 N–H and O–H groups in total. The molecule has 1 aromatic heterocycles. The van der Waals surface area contributed by atoms with E-state index in [0.29, 0.717) is 5.76 Å². The Bertz CT molecular complexity index is 226. The summed E-state index contributed by atoms with van der Waals surface area (Å²) in [6.07, 6.45) is 1.48. The topological polar surface area (TPSA) is 42.2 Å². The Hall–Kier alpha value is -1.25. The molecule has 0 fully saturated rings. The highest BCUT2D eigenvalue weighted by Crippen LogP contribution is 1.99. The van der Waals surface area contributed by atoms with Gasteiger partial charge in [0.15, 0.2) is 5.76 Å². The van der Waals surface area contributed by atoms with Crippen LogP contribution in [0.4, 0.5) is 0 Å². The Kier molecular flexibility index (Phi) is 2.31. The van der Waals surface area contributed by atoms with Crippen molar-refractivity contribution in [3.8, 4) is 0 Å². The molecule has 0 bridgehead atoms. The monoisotopic (exact) mass is 153 g/mol. The first kappa shape index (κ1) is 7.85. The number of carbonyl (C=O) groups excluding carboxylic acids is 1. The number of furan rings is 1. The van der Waals surface area contributed by atoms with E-state index in [2.05, 4.69) is 5.32 Å². The van der Waals surface area contributed by atoms with Crippen molar-refractivity contribution in [3.05, 3.63) is 24.2 Å². The van der Waals surface area contributed by atoms with Gasteiger partial charge in [-0.05, 0) is 26.0 Å². The summed E-state index contributed by atoms with van der Waals surface area (Å²) in [5.41, 5.74) is 0. The fraction of sp³-hybridized carbons (Fsp3) is 0.375. The second kappa shape index (κ2) is 3.23. The van der Waals surface area contributed by atoms with Crippen LogP contribution in [0, 0.1) is 0 Å². The molecule has 1 rings (SSSR count). The molecule has 60 valence electrons. The van der Waals surface area contributed by atoms with E-state index >= 15 is 0 Å². The molecule has 0 radical (unpaired) electrons. The van der Waals surface area contributed by atoms with Crippen molar-refractivity contribution in [2.75, 3.05) is 0 Å². The van der Waals surface area contributed by atoms with Gasteiger partial charge in [-0.1, -0.05) is 0 Å². The van der Waals surface area contributed by atoms with Gasteiger partial charge in [0.05, 0.1) is 6.26 Å². The largest absolute Gasteiger partial charge is 0.459 e. The molecule has 0 aliphatic rings. The zero-order valence-electron chi connectivity index (χ0n) is 6.63. The lowest BCUT2D eigenvalue weighted by atomic mass is 10.3. The van der Waals surface area contributed by atoms with Crippen molar-refractivity contribution >= 4 is 5.91 Å². The highest BCUT2D eigenvalue weighted by Gasteiger charge is 2.07. The number of nitrogens with one attached hydrogen (secondary N) is 1. The van der Waals surface area contributed by atoms with E-state index in [1.807, 2.05) is 13.8 Å². The minimum absolute atomic E-state index is 0.146. The maximum absolute atomic E-state index is 11.1. The van der Waals surface area contributed by atoms with E-state index in [1.165, 1.54) is 6.26 Å². The highest BCUT2D eigenvalue weighted by atomic mass is 16.3. The Morgan fingerprint density at radius 2 is 2.36 bits per heavy atom. The molecule has 1 aromatic rings. The lowest BCUT2D eigenvalue weighted by Gasteiger charge is -2.04. The van der Waals surface area contributed by atoms with Gasteiger partial charge in [0.25, 0.3) is 5.91 Å². The van der Waals surface area contributed by atoms with Crippen LogP contribution in [0.15, 0.2) is 22.8 Å². The van der Waals surface area contributed by atoms with Crippen LogP contribution in [0.3, 0.4) is 0 Å². The molecule has 11 heavy (non-hydrogen) atoms. The smallest absolute Gasteiger partial charge is 0.287 e. The molecule has 3 heteroatoms. The summed E-state index contributed by atoms with van der Waals surface area (Å²) in [5.74, 6) is 0.198. The van der Waals surface area contributed by atoms with Gasteiger partial charge >= 0.3 is 0 Å². The number of amides is 1. The maximum Gasteiger partial charge on any atom is 0.287 e. The molecule has 1 heterocycles. The van der Waals surface area contributed by atoms with Gasteiger partial charge in [0, 0.05) is 6.04 Å². The summed E-state index contributed by atoms with van der Waals surface area (Å²) >= 11 is 0. The lowest BCUT2D eigenvalue weighted by Crippen LogP contribution is -2.29. The first-order valence-electron chi connectivity index (χ1n) is 3.54. The fourth-order valence-electron chi connectivity index (χ4n) is 0.741. The minimum Gasteiger partial charge on any atom is -0.459 e. The van der Waals surface area contributed by atoms with Gasteiger partial charge in [-0.2, -0.15) is 0 Å². The van der Waals surface area contributed by atoms with Crippen molar-refractivity contribution in [2.45, 2.75) is 19.9 Å². The van der Waals surface area contributed by atoms with Crippen molar-refractivity contribution in [3.63, 3.8) is 0 Å². The highest BCUT2D eigenvalue weighted by molar-refractivity contribution is 5.91. The van der Waals surface area contributed by atoms with Crippen LogP contribution in [0.5, 0.6) is 0 Å². The van der Waals surface area contributed by atoms with Gasteiger partial charge in [-0.25, -0.2) is 0 Å². The molecule has 3 nitrogen and oxygen atoms in total. The van der Waals surface area contributed by atoms with Crippen LogP contribution >= 0.6 is 0 Å². The number of hydrogen-bond acceptors (Lipinski definition) is 2. The predicted octanol–water partition coefficient (Wildman–Crippen LogP) is 1.42. The fourth-order valence-corrected chi connectivity index (χ4v) is 0.741. The zero-order valence-corrected chi connectivity index (χ0v) is 6.63. The Balaban J connectivity index is 2.57. The van der Waals surface area contributed by atoms with Crippen LogP contribution < -0.4 is 5.32 Å². The molecule has 0 aromatic carbocycles. The van der Waals surface area contributed by atoms with E-state index in [1.54, 1.807) is 12.1 Å². The first-order chi connectivity index (χ1) is 5.20. The van der Waals surface area contributed by atoms with E-state index in [4.69, 9.17) is 4.42 Å². The molecule has 0 saturated carbocycles. The van der Waals surface area contributed by atoms with Crippen molar-refractivity contribution in [2.24, 2.45) is 0 Å². The molecule has 0 aliphatic carbocycles. The van der Waals surface area contributed by atoms with Crippen molar-refractivity contribution in [1.82, 2.24) is 5.32 Å². The van der Waals surface area contributed by atoms with E-state index in [-0.39, 0.29) is 11.9 Å². The predicted molar refractivity (Wildman–Crippen MR) is 41.3 cm³/mol. The van der Waals surface area contributed by atoms with E-state index < -0.39 is 0 Å². The quantitative estimate of drug-likeness (QED) is 0.698. The van der Waals surface area contributed by atoms with Gasteiger partial charge in [0.2, 0.25) is 0 Å². The number of carbonyl (C=O) groups is 1.